The zero-order chi connectivity index (χ0) is 20.1. The highest BCUT2D eigenvalue weighted by molar-refractivity contribution is 6.23. The number of benzene rings is 2. The van der Waals surface area contributed by atoms with Crippen LogP contribution in [0, 0.1) is 10.1 Å². The number of carbonyl (C=O) groups is 3. The zero-order valence-corrected chi connectivity index (χ0v) is 15.0. The predicted octanol–water partition coefficient (Wildman–Crippen LogP) is 3.36. The molecule has 0 radical (unpaired) electrons. The fourth-order valence-corrected chi connectivity index (χ4v) is 3.06. The summed E-state index contributed by atoms with van der Waals surface area (Å²) < 4.78 is 5.18. The van der Waals surface area contributed by atoms with Gasteiger partial charge in [-0.2, -0.15) is 0 Å². The summed E-state index contributed by atoms with van der Waals surface area (Å²) in [7, 11) is 0. The van der Waals surface area contributed by atoms with Crippen molar-refractivity contribution >= 4 is 23.5 Å². The van der Waals surface area contributed by atoms with Crippen LogP contribution in [-0.2, 0) is 4.79 Å². The quantitative estimate of drug-likeness (QED) is 0.173. The number of esters is 1. The maximum atomic E-state index is 12.4. The van der Waals surface area contributed by atoms with E-state index in [1.165, 1.54) is 18.2 Å². The lowest BCUT2D eigenvalue weighted by atomic mass is 10.1. The first-order chi connectivity index (χ1) is 13.5. The molecule has 1 aliphatic heterocycles. The molecule has 0 aromatic heterocycles. The van der Waals surface area contributed by atoms with Gasteiger partial charge in [-0.1, -0.05) is 30.7 Å². The SMILES string of the molecule is O=C(CCCCCN1C(=O)c2cccc([N+](=O)[O-])c2C1=O)Oc1ccccc1. The maximum absolute atomic E-state index is 12.4. The summed E-state index contributed by atoms with van der Waals surface area (Å²) in [4.78, 5) is 48.0. The van der Waals surface area contributed by atoms with Gasteiger partial charge in [-0.3, -0.25) is 29.4 Å². The van der Waals surface area contributed by atoms with E-state index >= 15 is 0 Å². The van der Waals surface area contributed by atoms with E-state index in [2.05, 4.69) is 0 Å². The van der Waals surface area contributed by atoms with Crippen LogP contribution in [-0.4, -0.2) is 34.2 Å². The molecule has 8 heteroatoms. The number of nitro benzene ring substituents is 1. The van der Waals surface area contributed by atoms with Gasteiger partial charge in [-0.15, -0.1) is 0 Å². The van der Waals surface area contributed by atoms with Gasteiger partial charge in [-0.05, 0) is 31.0 Å². The van der Waals surface area contributed by atoms with E-state index in [-0.39, 0.29) is 35.7 Å². The monoisotopic (exact) mass is 382 g/mol. The Hall–Kier alpha value is -3.55. The molecule has 2 amide bonds. The first kappa shape index (κ1) is 19.2. The van der Waals surface area contributed by atoms with Gasteiger partial charge in [-0.25, -0.2) is 0 Å². The molecule has 0 saturated heterocycles. The number of para-hydroxylation sites is 1. The first-order valence-electron chi connectivity index (χ1n) is 8.88. The van der Waals surface area contributed by atoms with Crippen molar-refractivity contribution in [1.82, 2.24) is 4.90 Å². The number of nitro groups is 1. The number of fused-ring (bicyclic) bond motifs is 1. The Morgan fingerprint density at radius 2 is 1.71 bits per heavy atom. The van der Waals surface area contributed by atoms with E-state index in [9.17, 15) is 24.5 Å². The van der Waals surface area contributed by atoms with E-state index < -0.39 is 16.7 Å². The number of unbranched alkanes of at least 4 members (excludes halogenated alkanes) is 2. The molecule has 0 saturated carbocycles. The van der Waals surface area contributed by atoms with E-state index in [1.807, 2.05) is 6.07 Å². The Bertz CT molecular complexity index is 926. The molecule has 0 fully saturated rings. The van der Waals surface area contributed by atoms with E-state index in [0.717, 1.165) is 4.90 Å². The van der Waals surface area contributed by atoms with Crippen molar-refractivity contribution in [2.45, 2.75) is 25.7 Å². The molecule has 0 unspecified atom stereocenters. The van der Waals surface area contributed by atoms with Gasteiger partial charge in [0.05, 0.1) is 10.5 Å². The highest BCUT2D eigenvalue weighted by Gasteiger charge is 2.40. The summed E-state index contributed by atoms with van der Waals surface area (Å²) in [6.45, 7) is 0.150. The summed E-state index contributed by atoms with van der Waals surface area (Å²) >= 11 is 0. The van der Waals surface area contributed by atoms with Crippen molar-refractivity contribution in [2.24, 2.45) is 0 Å². The number of amides is 2. The molecular weight excluding hydrogens is 364 g/mol. The second-order valence-electron chi connectivity index (χ2n) is 6.32. The molecule has 2 aromatic rings. The van der Waals surface area contributed by atoms with Crippen LogP contribution < -0.4 is 4.74 Å². The average Bonchev–Trinajstić information content (AvgIpc) is 2.93. The van der Waals surface area contributed by atoms with Gasteiger partial charge in [0, 0.05) is 19.0 Å². The van der Waals surface area contributed by atoms with Crippen molar-refractivity contribution in [2.75, 3.05) is 6.54 Å². The molecule has 0 bridgehead atoms. The van der Waals surface area contributed by atoms with Gasteiger partial charge in [0.15, 0.2) is 0 Å². The molecule has 0 spiro atoms. The number of ether oxygens (including phenoxy) is 1. The van der Waals surface area contributed by atoms with E-state index in [0.29, 0.717) is 25.0 Å². The topological polar surface area (TPSA) is 107 Å². The van der Waals surface area contributed by atoms with E-state index in [4.69, 9.17) is 4.74 Å². The Morgan fingerprint density at radius 1 is 0.964 bits per heavy atom. The Labute approximate surface area is 160 Å². The predicted molar refractivity (Wildman–Crippen MR) is 99.0 cm³/mol. The minimum absolute atomic E-state index is 0.0608. The lowest BCUT2D eigenvalue weighted by Gasteiger charge is -2.13. The van der Waals surface area contributed by atoms with Crippen LogP contribution in [0.5, 0.6) is 5.75 Å². The third-order valence-electron chi connectivity index (χ3n) is 4.41. The van der Waals surface area contributed by atoms with Crippen LogP contribution in [0.25, 0.3) is 0 Å². The second kappa shape index (κ2) is 8.43. The van der Waals surface area contributed by atoms with Gasteiger partial charge in [0.25, 0.3) is 17.5 Å². The molecule has 2 aromatic carbocycles. The molecule has 1 heterocycles. The molecule has 1 aliphatic rings. The molecule has 0 aliphatic carbocycles. The van der Waals surface area contributed by atoms with E-state index in [1.54, 1.807) is 24.3 Å². The molecule has 28 heavy (non-hydrogen) atoms. The van der Waals surface area contributed by atoms with Crippen molar-refractivity contribution in [3.05, 3.63) is 69.8 Å². The molecule has 144 valence electrons. The van der Waals surface area contributed by atoms with Gasteiger partial charge in [0.1, 0.15) is 11.3 Å². The Morgan fingerprint density at radius 3 is 2.43 bits per heavy atom. The summed E-state index contributed by atoms with van der Waals surface area (Å²) in [5.41, 5.74) is -0.448. The Kier molecular flexibility index (Phi) is 5.78. The zero-order valence-electron chi connectivity index (χ0n) is 15.0. The number of imide groups is 1. The number of hydrogen-bond acceptors (Lipinski definition) is 6. The van der Waals surface area contributed by atoms with Gasteiger partial charge < -0.3 is 4.74 Å². The third-order valence-corrected chi connectivity index (χ3v) is 4.41. The highest BCUT2D eigenvalue weighted by atomic mass is 16.6. The minimum Gasteiger partial charge on any atom is -0.427 e. The van der Waals surface area contributed by atoms with Crippen molar-refractivity contribution in [3.63, 3.8) is 0 Å². The summed E-state index contributed by atoms with van der Waals surface area (Å²) in [5.74, 6) is -1.02. The van der Waals surface area contributed by atoms with Crippen LogP contribution >= 0.6 is 0 Å². The van der Waals surface area contributed by atoms with Crippen molar-refractivity contribution in [1.29, 1.82) is 0 Å². The second-order valence-corrected chi connectivity index (χ2v) is 6.32. The highest BCUT2D eigenvalue weighted by Crippen LogP contribution is 2.30. The maximum Gasteiger partial charge on any atom is 0.311 e. The number of nitrogens with zero attached hydrogens (tertiary/aromatic N) is 2. The molecular formula is C20H18N2O6. The fourth-order valence-electron chi connectivity index (χ4n) is 3.06. The normalized spacial score (nSPS) is 12.8. The third kappa shape index (κ3) is 4.06. The summed E-state index contributed by atoms with van der Waals surface area (Å²) in [6, 6.07) is 12.8. The number of carbonyl (C=O) groups excluding carboxylic acids is 3. The lowest BCUT2D eigenvalue weighted by molar-refractivity contribution is -0.385. The van der Waals surface area contributed by atoms with Crippen molar-refractivity contribution < 1.29 is 24.0 Å². The smallest absolute Gasteiger partial charge is 0.311 e. The van der Waals surface area contributed by atoms with Crippen LogP contribution in [0.15, 0.2) is 48.5 Å². The fraction of sp³-hybridized carbons (Fsp3) is 0.250. The van der Waals surface area contributed by atoms with Crippen LogP contribution in [0.4, 0.5) is 5.69 Å². The largest absolute Gasteiger partial charge is 0.427 e. The molecule has 0 N–H and O–H groups in total. The van der Waals surface area contributed by atoms with Gasteiger partial charge >= 0.3 is 5.97 Å². The average molecular weight is 382 g/mol. The van der Waals surface area contributed by atoms with Crippen molar-refractivity contribution in [3.8, 4) is 5.75 Å². The minimum atomic E-state index is -0.661. The molecule has 0 atom stereocenters. The summed E-state index contributed by atoms with van der Waals surface area (Å²) in [5, 5.41) is 11.1. The lowest BCUT2D eigenvalue weighted by Crippen LogP contribution is -2.30. The molecule has 3 rings (SSSR count). The summed E-state index contributed by atoms with van der Waals surface area (Å²) in [6.07, 6.45) is 1.88. The van der Waals surface area contributed by atoms with Gasteiger partial charge in [0.2, 0.25) is 0 Å². The Balaban J connectivity index is 1.47. The number of rotatable bonds is 8. The van der Waals surface area contributed by atoms with Crippen LogP contribution in [0.3, 0.4) is 0 Å². The first-order valence-corrected chi connectivity index (χ1v) is 8.88. The van der Waals surface area contributed by atoms with Crippen LogP contribution in [0.1, 0.15) is 46.4 Å². The standard InChI is InChI=1S/C20H18N2O6/c23-17(28-14-8-3-1-4-9-14)12-5-2-6-13-21-19(24)15-10-7-11-16(22(26)27)18(15)20(21)25/h1,3-4,7-11H,2,5-6,12-13H2. The number of hydrogen-bond donors (Lipinski definition) is 0. The van der Waals surface area contributed by atoms with Crippen LogP contribution in [0.2, 0.25) is 0 Å². The molecule has 8 nitrogen and oxygen atoms in total.